The normalized spacial score (nSPS) is 11.6. The van der Waals surface area contributed by atoms with Crippen LogP contribution in [0.5, 0.6) is 0 Å². The number of H-pyrrole nitrogens is 1. The zero-order valence-electron chi connectivity index (χ0n) is 18.3. The van der Waals surface area contributed by atoms with Crippen LogP contribution in [0.25, 0.3) is 10.9 Å². The van der Waals surface area contributed by atoms with Crippen molar-refractivity contribution in [3.8, 4) is 0 Å². The number of benzene rings is 3. The summed E-state index contributed by atoms with van der Waals surface area (Å²) >= 11 is 6.18. The van der Waals surface area contributed by atoms with Crippen LogP contribution in [0.3, 0.4) is 0 Å². The van der Waals surface area contributed by atoms with E-state index >= 15 is 0 Å². The van der Waals surface area contributed by atoms with Crippen molar-refractivity contribution in [1.29, 1.82) is 0 Å². The highest BCUT2D eigenvalue weighted by molar-refractivity contribution is 6.33. The molecule has 0 bridgehead atoms. The Labute approximate surface area is 201 Å². The molecule has 3 N–H and O–H groups in total. The van der Waals surface area contributed by atoms with E-state index in [-0.39, 0.29) is 17.0 Å². The molecule has 34 heavy (non-hydrogen) atoms. The van der Waals surface area contributed by atoms with Gasteiger partial charge in [-0.1, -0.05) is 48.0 Å². The molecule has 7 nitrogen and oxygen atoms in total. The highest BCUT2D eigenvalue weighted by atomic mass is 35.5. The number of esters is 1. The first-order valence-corrected chi connectivity index (χ1v) is 10.9. The Kier molecular flexibility index (Phi) is 6.94. The molecule has 0 aliphatic carbocycles. The van der Waals surface area contributed by atoms with Gasteiger partial charge in [0.25, 0.3) is 5.91 Å². The standard InChI is InChI=1S/C26H22ClN3O4/c1-34-26(33)16-7-6-8-18(13-16)29-25(32)23(30-24(31)20-10-2-4-11-21(20)27)14-17-15-28-22-12-5-3-9-19(17)22/h2-13,15,23,28H,14H2,1H3,(H,29,32)(H,30,31)/t23-/m1/s1. The number of aromatic nitrogens is 1. The molecule has 0 unspecified atom stereocenters. The van der Waals surface area contributed by atoms with Gasteiger partial charge in [0, 0.05) is 29.2 Å². The van der Waals surface area contributed by atoms with Crippen molar-refractivity contribution in [2.45, 2.75) is 12.5 Å². The Morgan fingerprint density at radius 3 is 2.56 bits per heavy atom. The zero-order valence-corrected chi connectivity index (χ0v) is 19.1. The molecule has 4 aromatic rings. The summed E-state index contributed by atoms with van der Waals surface area (Å²) in [5, 5.41) is 6.84. The predicted octanol–water partition coefficient (Wildman–Crippen LogP) is 4.59. The first-order chi connectivity index (χ1) is 16.5. The molecule has 0 radical (unpaired) electrons. The van der Waals surface area contributed by atoms with E-state index in [0.717, 1.165) is 16.5 Å². The van der Waals surface area contributed by atoms with Gasteiger partial charge in [0.15, 0.2) is 0 Å². The fourth-order valence-electron chi connectivity index (χ4n) is 3.68. The van der Waals surface area contributed by atoms with Gasteiger partial charge in [0.1, 0.15) is 6.04 Å². The summed E-state index contributed by atoms with van der Waals surface area (Å²) in [6.07, 6.45) is 2.06. The minimum atomic E-state index is -0.912. The summed E-state index contributed by atoms with van der Waals surface area (Å²) in [6, 6.07) is 19.8. The van der Waals surface area contributed by atoms with E-state index in [9.17, 15) is 14.4 Å². The smallest absolute Gasteiger partial charge is 0.337 e. The monoisotopic (exact) mass is 475 g/mol. The minimum Gasteiger partial charge on any atom is -0.465 e. The maximum atomic E-state index is 13.3. The van der Waals surface area contributed by atoms with Gasteiger partial charge in [0.05, 0.1) is 23.3 Å². The number of carbonyl (C=O) groups excluding carboxylic acids is 3. The van der Waals surface area contributed by atoms with Crippen molar-refractivity contribution in [1.82, 2.24) is 10.3 Å². The molecule has 0 spiro atoms. The summed E-state index contributed by atoms with van der Waals surface area (Å²) in [5.74, 6) is -1.42. The molecule has 2 amide bonds. The van der Waals surface area contributed by atoms with E-state index in [0.29, 0.717) is 11.3 Å². The molecule has 1 heterocycles. The quantitative estimate of drug-likeness (QED) is 0.340. The van der Waals surface area contributed by atoms with E-state index in [1.165, 1.54) is 13.2 Å². The molecule has 3 aromatic carbocycles. The van der Waals surface area contributed by atoms with E-state index in [1.807, 2.05) is 30.5 Å². The number of nitrogens with one attached hydrogen (secondary N) is 3. The number of methoxy groups -OCH3 is 1. The van der Waals surface area contributed by atoms with Crippen LogP contribution in [0, 0.1) is 0 Å². The summed E-state index contributed by atoms with van der Waals surface area (Å²) in [4.78, 5) is 41.3. The average Bonchev–Trinajstić information content (AvgIpc) is 3.26. The van der Waals surface area contributed by atoms with Gasteiger partial charge in [-0.3, -0.25) is 9.59 Å². The summed E-state index contributed by atoms with van der Waals surface area (Å²) in [6.45, 7) is 0. The summed E-state index contributed by atoms with van der Waals surface area (Å²) in [7, 11) is 1.29. The average molecular weight is 476 g/mol. The van der Waals surface area contributed by atoms with Crippen LogP contribution in [0.1, 0.15) is 26.3 Å². The van der Waals surface area contributed by atoms with Crippen molar-refractivity contribution >= 4 is 46.0 Å². The van der Waals surface area contributed by atoms with Gasteiger partial charge in [0.2, 0.25) is 5.91 Å². The highest BCUT2D eigenvalue weighted by Crippen LogP contribution is 2.21. The van der Waals surface area contributed by atoms with Crippen LogP contribution in [0.2, 0.25) is 5.02 Å². The maximum absolute atomic E-state index is 13.3. The number of para-hydroxylation sites is 1. The third-order valence-corrected chi connectivity index (χ3v) is 5.72. The lowest BCUT2D eigenvalue weighted by Crippen LogP contribution is -2.45. The number of hydrogen-bond acceptors (Lipinski definition) is 4. The Hall–Kier alpha value is -4.10. The topological polar surface area (TPSA) is 100 Å². The van der Waals surface area contributed by atoms with Crippen LogP contribution in [-0.2, 0) is 16.0 Å². The third kappa shape index (κ3) is 5.10. The number of halogens is 1. The molecule has 0 saturated carbocycles. The lowest BCUT2D eigenvalue weighted by atomic mass is 10.0. The molecule has 0 fully saturated rings. The number of hydrogen-bond donors (Lipinski definition) is 3. The second-order valence-corrected chi connectivity index (χ2v) is 8.04. The van der Waals surface area contributed by atoms with E-state index in [1.54, 1.807) is 42.5 Å². The van der Waals surface area contributed by atoms with Crippen LogP contribution >= 0.6 is 11.6 Å². The minimum absolute atomic E-state index is 0.239. The van der Waals surface area contributed by atoms with Gasteiger partial charge >= 0.3 is 5.97 Å². The number of rotatable bonds is 7. The number of aromatic amines is 1. The van der Waals surface area contributed by atoms with Crippen molar-refractivity contribution in [3.63, 3.8) is 0 Å². The molecule has 0 aliphatic heterocycles. The van der Waals surface area contributed by atoms with E-state index in [2.05, 4.69) is 15.6 Å². The largest absolute Gasteiger partial charge is 0.465 e. The van der Waals surface area contributed by atoms with Crippen LogP contribution in [0.4, 0.5) is 5.69 Å². The molecular formula is C26H22ClN3O4. The third-order valence-electron chi connectivity index (χ3n) is 5.39. The van der Waals surface area contributed by atoms with Crippen LogP contribution < -0.4 is 10.6 Å². The first-order valence-electron chi connectivity index (χ1n) is 10.6. The van der Waals surface area contributed by atoms with Gasteiger partial charge in [-0.2, -0.15) is 0 Å². The highest BCUT2D eigenvalue weighted by Gasteiger charge is 2.24. The SMILES string of the molecule is COC(=O)c1cccc(NC(=O)[C@@H](Cc2c[nH]c3ccccc23)NC(=O)c2ccccc2Cl)c1. The Bertz CT molecular complexity index is 1360. The Morgan fingerprint density at radius 1 is 1.00 bits per heavy atom. The molecule has 0 saturated heterocycles. The number of amides is 2. The molecule has 1 aromatic heterocycles. The zero-order chi connectivity index (χ0) is 24.1. The summed E-state index contributed by atoms with van der Waals surface area (Å²) in [5.41, 5.74) is 2.78. The van der Waals surface area contributed by atoms with Gasteiger partial charge in [-0.05, 0) is 42.0 Å². The number of ether oxygens (including phenoxy) is 1. The van der Waals surface area contributed by atoms with Gasteiger partial charge in [-0.15, -0.1) is 0 Å². The molecule has 0 aliphatic rings. The Morgan fingerprint density at radius 2 is 1.76 bits per heavy atom. The second-order valence-electron chi connectivity index (χ2n) is 7.63. The maximum Gasteiger partial charge on any atom is 0.337 e. The Balaban J connectivity index is 1.61. The molecule has 1 atom stereocenters. The second kappa shape index (κ2) is 10.2. The molecular weight excluding hydrogens is 454 g/mol. The van der Waals surface area contributed by atoms with Gasteiger partial charge < -0.3 is 20.4 Å². The van der Waals surface area contributed by atoms with Crippen molar-refractivity contribution in [3.05, 3.63) is 101 Å². The predicted molar refractivity (Wildman–Crippen MR) is 131 cm³/mol. The fraction of sp³-hybridized carbons (Fsp3) is 0.115. The van der Waals surface area contributed by atoms with Crippen molar-refractivity contribution in [2.24, 2.45) is 0 Å². The first kappa shape index (κ1) is 23.1. The van der Waals surface area contributed by atoms with Crippen LogP contribution in [0.15, 0.2) is 79.0 Å². The summed E-state index contributed by atoms with van der Waals surface area (Å²) < 4.78 is 4.74. The number of carbonyl (C=O) groups is 3. The lowest BCUT2D eigenvalue weighted by molar-refractivity contribution is -0.118. The molecule has 4 rings (SSSR count). The lowest BCUT2D eigenvalue weighted by Gasteiger charge is -2.19. The molecule has 172 valence electrons. The van der Waals surface area contributed by atoms with Gasteiger partial charge in [-0.25, -0.2) is 4.79 Å². The van der Waals surface area contributed by atoms with Crippen molar-refractivity contribution in [2.75, 3.05) is 12.4 Å². The molecule has 8 heteroatoms. The van der Waals surface area contributed by atoms with Crippen molar-refractivity contribution < 1.29 is 19.1 Å². The number of anilines is 1. The van der Waals surface area contributed by atoms with E-state index in [4.69, 9.17) is 16.3 Å². The fourth-order valence-corrected chi connectivity index (χ4v) is 3.90. The van der Waals surface area contributed by atoms with Crippen LogP contribution in [-0.4, -0.2) is 35.9 Å². The number of fused-ring (bicyclic) bond motifs is 1. The van der Waals surface area contributed by atoms with E-state index < -0.39 is 23.8 Å².